The maximum atomic E-state index is 12.4. The number of nitriles is 1. The van der Waals surface area contributed by atoms with Crippen LogP contribution in [-0.2, 0) is 18.9 Å². The van der Waals surface area contributed by atoms with Crippen molar-refractivity contribution in [1.29, 1.82) is 5.26 Å². The molecule has 9 nitrogen and oxygen atoms in total. The van der Waals surface area contributed by atoms with Crippen molar-refractivity contribution in [1.82, 2.24) is 10.3 Å². The monoisotopic (exact) mass is 451 g/mol. The Morgan fingerprint density at radius 2 is 1.76 bits per heavy atom. The van der Waals surface area contributed by atoms with E-state index in [0.29, 0.717) is 17.0 Å². The number of dihydropyridines is 1. The fourth-order valence-corrected chi connectivity index (χ4v) is 3.49. The van der Waals surface area contributed by atoms with E-state index in [1.807, 2.05) is 30.3 Å². The lowest BCUT2D eigenvalue weighted by Gasteiger charge is -2.30. The summed E-state index contributed by atoms with van der Waals surface area (Å²) in [5.74, 6) is -0.337. The number of nitrogens with zero attached hydrogens (tertiary/aromatic N) is 2. The molecule has 2 heterocycles. The minimum atomic E-state index is -0.964. The van der Waals surface area contributed by atoms with E-state index in [9.17, 15) is 9.59 Å². The molecule has 1 aromatic carbocycles. The molecule has 0 bridgehead atoms. The Kier molecular flexibility index (Phi) is 7.51. The van der Waals surface area contributed by atoms with Crippen LogP contribution in [0, 0.1) is 11.3 Å². The van der Waals surface area contributed by atoms with Crippen molar-refractivity contribution >= 4 is 23.2 Å². The third-order valence-electron chi connectivity index (χ3n) is 4.78. The summed E-state index contributed by atoms with van der Waals surface area (Å²) >= 11 is 0. The van der Waals surface area contributed by atoms with Crippen molar-refractivity contribution in [3.05, 3.63) is 65.0 Å². The molecular formula is C24H25N3O6. The lowest BCUT2D eigenvalue weighted by atomic mass is 9.88. The molecule has 0 saturated carbocycles. The number of carbonyl (C=O) groups is 2. The summed E-state index contributed by atoms with van der Waals surface area (Å²) in [6.45, 7) is 6.81. The number of aromatic nitrogens is 1. The number of nitrogens with one attached hydrogen (secondary N) is 1. The van der Waals surface area contributed by atoms with Gasteiger partial charge in [0.2, 0.25) is 0 Å². The highest BCUT2D eigenvalue weighted by atomic mass is 16.7. The Balaban J connectivity index is 2.07. The van der Waals surface area contributed by atoms with Gasteiger partial charge in [-0.05, 0) is 45.4 Å². The molecule has 1 aliphatic rings. The number of pyridine rings is 1. The van der Waals surface area contributed by atoms with Crippen molar-refractivity contribution < 1.29 is 28.5 Å². The minimum absolute atomic E-state index is 0.0399. The van der Waals surface area contributed by atoms with E-state index in [0.717, 1.165) is 10.9 Å². The molecule has 0 saturated heterocycles. The minimum Gasteiger partial charge on any atom is -0.433 e. The zero-order valence-corrected chi connectivity index (χ0v) is 18.9. The molecule has 1 unspecified atom stereocenters. The number of fused-ring (bicyclic) bond motifs is 1. The summed E-state index contributed by atoms with van der Waals surface area (Å²) in [5, 5.41) is 12.6. The Bertz CT molecular complexity index is 1160. The molecule has 9 heteroatoms. The quantitative estimate of drug-likeness (QED) is 0.477. The zero-order valence-electron chi connectivity index (χ0n) is 18.9. The fraction of sp³-hybridized carbons (Fsp3) is 0.333. The van der Waals surface area contributed by atoms with E-state index in [4.69, 9.17) is 24.2 Å². The molecule has 3 rings (SSSR count). The SMILES string of the molecule is CC1=C(OC(=O)OCCC#N)C(c2ccnc3ccccc23)C(OC(=O)OC(C)C)=C(C)N1. The smallest absolute Gasteiger partial charge is 0.433 e. The van der Waals surface area contributed by atoms with Gasteiger partial charge in [-0.2, -0.15) is 5.26 Å². The number of allylic oxidation sites excluding steroid dienone is 2. The Morgan fingerprint density at radius 1 is 1.09 bits per heavy atom. The third kappa shape index (κ3) is 5.60. The number of hydrogen-bond acceptors (Lipinski definition) is 9. The van der Waals surface area contributed by atoms with E-state index in [2.05, 4.69) is 10.3 Å². The number of rotatable bonds is 6. The van der Waals surface area contributed by atoms with E-state index in [1.54, 1.807) is 40.0 Å². The van der Waals surface area contributed by atoms with Crippen LogP contribution in [0.3, 0.4) is 0 Å². The van der Waals surface area contributed by atoms with Gasteiger partial charge >= 0.3 is 12.3 Å². The molecule has 1 aromatic heterocycles. The molecule has 172 valence electrons. The molecule has 0 fully saturated rings. The van der Waals surface area contributed by atoms with Crippen LogP contribution in [0.15, 0.2) is 59.4 Å². The van der Waals surface area contributed by atoms with Crippen molar-refractivity contribution in [2.45, 2.75) is 46.1 Å². The highest BCUT2D eigenvalue weighted by Gasteiger charge is 2.36. The largest absolute Gasteiger partial charge is 0.513 e. The molecular weight excluding hydrogens is 426 g/mol. The highest BCUT2D eigenvalue weighted by molar-refractivity contribution is 5.83. The maximum Gasteiger partial charge on any atom is 0.513 e. The standard InChI is InChI=1S/C24H25N3O6/c1-14(2)31-24(29)33-22-16(4)27-15(3)21(32-23(28)30-13-7-11-25)20(22)18-10-12-26-19-9-6-5-8-17(18)19/h5-6,8-10,12,14,20,27H,7,13H2,1-4H3. The van der Waals surface area contributed by atoms with E-state index >= 15 is 0 Å². The van der Waals surface area contributed by atoms with E-state index in [1.165, 1.54) is 0 Å². The van der Waals surface area contributed by atoms with Gasteiger partial charge in [-0.1, -0.05) is 18.2 Å². The summed E-state index contributed by atoms with van der Waals surface area (Å²) in [6, 6.07) is 11.2. The summed E-state index contributed by atoms with van der Waals surface area (Å²) in [7, 11) is 0. The van der Waals surface area contributed by atoms with Gasteiger partial charge < -0.3 is 24.3 Å². The van der Waals surface area contributed by atoms with Crippen molar-refractivity contribution in [2.75, 3.05) is 6.61 Å². The van der Waals surface area contributed by atoms with Gasteiger partial charge in [-0.25, -0.2) is 9.59 Å². The van der Waals surface area contributed by atoms with Gasteiger partial charge in [-0.3, -0.25) is 4.98 Å². The molecule has 1 atom stereocenters. The van der Waals surface area contributed by atoms with Crippen LogP contribution in [0.1, 0.15) is 45.6 Å². The van der Waals surface area contributed by atoms with Crippen molar-refractivity contribution in [3.8, 4) is 6.07 Å². The highest BCUT2D eigenvalue weighted by Crippen LogP contribution is 2.41. The average Bonchev–Trinajstić information content (AvgIpc) is 2.76. The van der Waals surface area contributed by atoms with E-state index in [-0.39, 0.29) is 30.6 Å². The summed E-state index contributed by atoms with van der Waals surface area (Å²) in [6.07, 6.45) is -0.540. The summed E-state index contributed by atoms with van der Waals surface area (Å²) in [4.78, 5) is 29.1. The first kappa shape index (κ1) is 23.6. The van der Waals surface area contributed by atoms with E-state index < -0.39 is 18.2 Å². The maximum absolute atomic E-state index is 12.4. The molecule has 0 spiro atoms. The molecule has 0 aliphatic carbocycles. The number of ether oxygens (including phenoxy) is 4. The van der Waals surface area contributed by atoms with Gasteiger partial charge in [0, 0.05) is 11.6 Å². The second kappa shape index (κ2) is 10.5. The molecule has 33 heavy (non-hydrogen) atoms. The van der Waals surface area contributed by atoms with Gasteiger partial charge in [0.15, 0.2) is 0 Å². The first-order valence-electron chi connectivity index (χ1n) is 10.4. The summed E-state index contributed by atoms with van der Waals surface area (Å²) < 4.78 is 21.3. The number of carbonyl (C=O) groups excluding carboxylic acids is 2. The second-order valence-electron chi connectivity index (χ2n) is 7.58. The first-order chi connectivity index (χ1) is 15.8. The van der Waals surface area contributed by atoms with Crippen molar-refractivity contribution in [2.24, 2.45) is 0 Å². The number of para-hydroxylation sites is 1. The molecule has 1 N–H and O–H groups in total. The van der Waals surface area contributed by atoms with Crippen LogP contribution >= 0.6 is 0 Å². The average molecular weight is 451 g/mol. The lowest BCUT2D eigenvalue weighted by Crippen LogP contribution is -2.29. The zero-order chi connectivity index (χ0) is 24.0. The predicted molar refractivity (Wildman–Crippen MR) is 118 cm³/mol. The summed E-state index contributed by atoms with van der Waals surface area (Å²) in [5.41, 5.74) is 2.54. The van der Waals surface area contributed by atoms with Crippen LogP contribution in [0.25, 0.3) is 10.9 Å². The third-order valence-corrected chi connectivity index (χ3v) is 4.78. The first-order valence-corrected chi connectivity index (χ1v) is 10.4. The molecule has 2 aromatic rings. The van der Waals surface area contributed by atoms with Gasteiger partial charge in [0.25, 0.3) is 0 Å². The second-order valence-corrected chi connectivity index (χ2v) is 7.58. The van der Waals surface area contributed by atoms with Crippen LogP contribution in [0.4, 0.5) is 9.59 Å². The normalized spacial score (nSPS) is 15.7. The Labute approximate surface area is 191 Å². The topological polar surface area (TPSA) is 120 Å². The molecule has 0 amide bonds. The van der Waals surface area contributed by atoms with Crippen LogP contribution in [0.5, 0.6) is 0 Å². The van der Waals surface area contributed by atoms with Crippen LogP contribution in [-0.4, -0.2) is 30.0 Å². The van der Waals surface area contributed by atoms with Crippen LogP contribution in [0.2, 0.25) is 0 Å². The predicted octanol–water partition coefficient (Wildman–Crippen LogP) is 5.01. The number of benzene rings is 1. The molecule has 0 radical (unpaired) electrons. The van der Waals surface area contributed by atoms with Gasteiger partial charge in [0.05, 0.1) is 35.5 Å². The van der Waals surface area contributed by atoms with Gasteiger partial charge in [0.1, 0.15) is 24.0 Å². The lowest BCUT2D eigenvalue weighted by molar-refractivity contribution is 0.0457. The molecule has 1 aliphatic heterocycles. The Morgan fingerprint density at radius 3 is 2.42 bits per heavy atom. The van der Waals surface area contributed by atoms with Gasteiger partial charge in [-0.15, -0.1) is 0 Å². The Hall–Kier alpha value is -4.06. The fourth-order valence-electron chi connectivity index (χ4n) is 3.49. The van der Waals surface area contributed by atoms with Crippen molar-refractivity contribution in [3.63, 3.8) is 0 Å². The van der Waals surface area contributed by atoms with Crippen LogP contribution < -0.4 is 5.32 Å². The number of hydrogen-bond donors (Lipinski definition) is 1.